The van der Waals surface area contributed by atoms with Crippen LogP contribution in [0.15, 0.2) is 127 Å². The average Bonchev–Trinajstić information content (AvgIpc) is 3.23. The maximum Gasteiger partial charge on any atom is 0.0541 e. The number of para-hydroxylation sites is 3. The molecule has 2 nitrogen and oxygen atoms in total. The number of hydrogen-bond donors (Lipinski definition) is 0. The zero-order chi connectivity index (χ0) is 22.2. The number of anilines is 2. The molecule has 6 rings (SSSR count). The zero-order valence-corrected chi connectivity index (χ0v) is 18.5. The monoisotopic (exact) mass is 424 g/mol. The van der Waals surface area contributed by atoms with E-state index in [4.69, 9.17) is 0 Å². The minimum atomic E-state index is 1.16. The van der Waals surface area contributed by atoms with Gasteiger partial charge in [0.2, 0.25) is 0 Å². The Balaban J connectivity index is 1.43. The van der Waals surface area contributed by atoms with Crippen molar-refractivity contribution in [2.24, 2.45) is 0 Å². The first-order valence-electron chi connectivity index (χ1n) is 11.3. The Labute approximate surface area is 194 Å². The molecule has 0 saturated heterocycles. The Morgan fingerprint density at radius 3 is 1.73 bits per heavy atom. The molecule has 1 aromatic heterocycles. The number of aromatic nitrogens is 1. The summed E-state index contributed by atoms with van der Waals surface area (Å²) >= 11 is 0. The van der Waals surface area contributed by atoms with Gasteiger partial charge < -0.3 is 9.47 Å². The van der Waals surface area contributed by atoms with Gasteiger partial charge in [-0.05, 0) is 48.0 Å². The second kappa shape index (κ2) is 7.99. The predicted molar refractivity (Wildman–Crippen MR) is 141 cm³/mol. The standard InChI is InChI=1S/C31H24N2/c1-32(29-16-8-5-13-26(29)23-11-3-2-4-12-23)24-19-21-25(22-20-24)33-30-17-9-6-14-27(30)28-15-7-10-18-31(28)33/h2-22H,1H3. The molecule has 0 bridgehead atoms. The Hall–Kier alpha value is -4.30. The van der Waals surface area contributed by atoms with Crippen LogP contribution in [0.3, 0.4) is 0 Å². The van der Waals surface area contributed by atoms with Crippen LogP contribution in [0.5, 0.6) is 0 Å². The van der Waals surface area contributed by atoms with Gasteiger partial charge in [-0.2, -0.15) is 0 Å². The van der Waals surface area contributed by atoms with Crippen LogP contribution < -0.4 is 4.90 Å². The van der Waals surface area contributed by atoms with Gasteiger partial charge in [-0.3, -0.25) is 0 Å². The van der Waals surface area contributed by atoms with Crippen LogP contribution in [0.2, 0.25) is 0 Å². The molecule has 0 amide bonds. The molecule has 0 saturated carbocycles. The van der Waals surface area contributed by atoms with Gasteiger partial charge in [-0.25, -0.2) is 0 Å². The third-order valence-electron chi connectivity index (χ3n) is 6.43. The van der Waals surface area contributed by atoms with E-state index in [0.717, 1.165) is 5.69 Å². The fourth-order valence-corrected chi connectivity index (χ4v) is 4.79. The molecular weight excluding hydrogens is 400 g/mol. The fourth-order valence-electron chi connectivity index (χ4n) is 4.79. The third-order valence-corrected chi connectivity index (χ3v) is 6.43. The van der Waals surface area contributed by atoms with E-state index in [1.165, 1.54) is 44.3 Å². The Morgan fingerprint density at radius 2 is 1.06 bits per heavy atom. The van der Waals surface area contributed by atoms with Crippen molar-refractivity contribution >= 4 is 33.2 Å². The lowest BCUT2D eigenvalue weighted by Crippen LogP contribution is -2.10. The maximum atomic E-state index is 2.35. The molecule has 0 N–H and O–H groups in total. The molecule has 6 aromatic rings. The van der Waals surface area contributed by atoms with Crippen LogP contribution in [0.4, 0.5) is 11.4 Å². The van der Waals surface area contributed by atoms with E-state index in [9.17, 15) is 0 Å². The molecule has 0 radical (unpaired) electrons. The minimum Gasteiger partial charge on any atom is -0.344 e. The van der Waals surface area contributed by atoms with Crippen molar-refractivity contribution in [3.8, 4) is 16.8 Å². The minimum absolute atomic E-state index is 1.16. The molecule has 0 aliphatic carbocycles. The first kappa shape index (κ1) is 19.4. The number of nitrogens with zero attached hydrogens (tertiary/aromatic N) is 2. The van der Waals surface area contributed by atoms with Gasteiger partial charge in [-0.15, -0.1) is 0 Å². The number of rotatable bonds is 4. The molecular formula is C31H24N2. The molecule has 5 aromatic carbocycles. The van der Waals surface area contributed by atoms with Gasteiger partial charge in [0.1, 0.15) is 0 Å². The van der Waals surface area contributed by atoms with E-state index in [1.54, 1.807) is 0 Å². The normalized spacial score (nSPS) is 11.2. The molecule has 0 spiro atoms. The summed E-state index contributed by atoms with van der Waals surface area (Å²) in [6, 6.07) is 45.3. The van der Waals surface area contributed by atoms with Crippen molar-refractivity contribution < 1.29 is 0 Å². The fraction of sp³-hybridized carbons (Fsp3) is 0.0323. The van der Waals surface area contributed by atoms with Crippen LogP contribution in [0, 0.1) is 0 Å². The van der Waals surface area contributed by atoms with Crippen molar-refractivity contribution in [1.29, 1.82) is 0 Å². The van der Waals surface area contributed by atoms with E-state index < -0.39 is 0 Å². The lowest BCUT2D eigenvalue weighted by atomic mass is 10.0. The second-order valence-corrected chi connectivity index (χ2v) is 8.33. The summed E-state index contributed by atoms with van der Waals surface area (Å²) in [6.07, 6.45) is 0. The first-order valence-corrected chi connectivity index (χ1v) is 11.3. The molecule has 0 aliphatic rings. The highest BCUT2D eigenvalue weighted by Gasteiger charge is 2.13. The lowest BCUT2D eigenvalue weighted by Gasteiger charge is -2.23. The van der Waals surface area contributed by atoms with Crippen LogP contribution in [-0.2, 0) is 0 Å². The number of benzene rings is 5. The van der Waals surface area contributed by atoms with Crippen LogP contribution in [0.25, 0.3) is 38.6 Å². The van der Waals surface area contributed by atoms with E-state index in [0.29, 0.717) is 0 Å². The largest absolute Gasteiger partial charge is 0.344 e. The number of fused-ring (bicyclic) bond motifs is 3. The van der Waals surface area contributed by atoms with Crippen LogP contribution in [0.1, 0.15) is 0 Å². The molecule has 0 atom stereocenters. The van der Waals surface area contributed by atoms with Gasteiger partial charge >= 0.3 is 0 Å². The quantitative estimate of drug-likeness (QED) is 0.277. The van der Waals surface area contributed by atoms with Crippen LogP contribution >= 0.6 is 0 Å². The Morgan fingerprint density at radius 1 is 0.515 bits per heavy atom. The SMILES string of the molecule is CN(c1ccc(-n2c3ccccc3c3ccccc32)cc1)c1ccccc1-c1ccccc1. The first-order chi connectivity index (χ1) is 16.3. The van der Waals surface area contributed by atoms with E-state index in [-0.39, 0.29) is 0 Å². The van der Waals surface area contributed by atoms with Crippen molar-refractivity contribution in [2.75, 3.05) is 11.9 Å². The summed E-state index contributed by atoms with van der Waals surface area (Å²) < 4.78 is 2.35. The molecule has 1 heterocycles. The highest BCUT2D eigenvalue weighted by atomic mass is 15.1. The summed E-state index contributed by atoms with van der Waals surface area (Å²) in [5.74, 6) is 0. The third kappa shape index (κ3) is 3.28. The van der Waals surface area contributed by atoms with Gasteiger partial charge in [0, 0.05) is 40.4 Å². The highest BCUT2D eigenvalue weighted by Crippen LogP contribution is 2.36. The van der Waals surface area contributed by atoms with Crippen molar-refractivity contribution in [1.82, 2.24) is 4.57 Å². The predicted octanol–water partition coefficient (Wildman–Crippen LogP) is 8.22. The molecule has 33 heavy (non-hydrogen) atoms. The average molecular weight is 425 g/mol. The molecule has 0 fully saturated rings. The summed E-state index contributed by atoms with van der Waals surface area (Å²) in [5, 5.41) is 2.57. The highest BCUT2D eigenvalue weighted by molar-refractivity contribution is 6.09. The van der Waals surface area contributed by atoms with Gasteiger partial charge in [0.05, 0.1) is 11.0 Å². The zero-order valence-electron chi connectivity index (χ0n) is 18.5. The number of hydrogen-bond acceptors (Lipinski definition) is 1. The van der Waals surface area contributed by atoms with E-state index in [1.807, 2.05) is 0 Å². The van der Waals surface area contributed by atoms with Crippen LogP contribution in [-0.4, -0.2) is 11.6 Å². The molecule has 0 unspecified atom stereocenters. The van der Waals surface area contributed by atoms with E-state index >= 15 is 0 Å². The summed E-state index contributed by atoms with van der Waals surface area (Å²) in [6.45, 7) is 0. The van der Waals surface area contributed by atoms with Crippen molar-refractivity contribution in [3.63, 3.8) is 0 Å². The van der Waals surface area contributed by atoms with Gasteiger partial charge in [-0.1, -0.05) is 84.9 Å². The topological polar surface area (TPSA) is 8.17 Å². The van der Waals surface area contributed by atoms with Crippen molar-refractivity contribution in [2.45, 2.75) is 0 Å². The molecule has 158 valence electrons. The molecule has 2 heteroatoms. The second-order valence-electron chi connectivity index (χ2n) is 8.33. The molecule has 0 aliphatic heterocycles. The van der Waals surface area contributed by atoms with Gasteiger partial charge in [0.25, 0.3) is 0 Å². The summed E-state index contributed by atoms with van der Waals surface area (Å²) in [5.41, 5.74) is 8.43. The van der Waals surface area contributed by atoms with E-state index in [2.05, 4.69) is 144 Å². The summed E-state index contributed by atoms with van der Waals surface area (Å²) in [7, 11) is 2.14. The van der Waals surface area contributed by atoms with Crippen molar-refractivity contribution in [3.05, 3.63) is 127 Å². The summed E-state index contributed by atoms with van der Waals surface area (Å²) in [4.78, 5) is 2.26. The van der Waals surface area contributed by atoms with Gasteiger partial charge in [0.15, 0.2) is 0 Å². The Kier molecular flexibility index (Phi) is 4.70. The smallest absolute Gasteiger partial charge is 0.0541 e. The Bertz CT molecular complexity index is 1510. The lowest BCUT2D eigenvalue weighted by molar-refractivity contribution is 1.16. The maximum absolute atomic E-state index is 2.35.